The molecule has 2 heterocycles. The lowest BCUT2D eigenvalue weighted by molar-refractivity contribution is 0.394. The van der Waals surface area contributed by atoms with Crippen molar-refractivity contribution in [3.63, 3.8) is 0 Å². The monoisotopic (exact) mass is 377 g/mol. The molecule has 26 heavy (non-hydrogen) atoms. The van der Waals surface area contributed by atoms with E-state index >= 15 is 0 Å². The van der Waals surface area contributed by atoms with Crippen molar-refractivity contribution < 1.29 is 17.9 Å². The molecule has 1 aromatic carbocycles. The SMILES string of the molecule is COc1cc(OC)cc(-c2cc3c(n(C)c2=O)NC(S(C)(=O)=O)N=C3)c1. The number of benzene rings is 1. The lowest BCUT2D eigenvalue weighted by atomic mass is 10.0. The van der Waals surface area contributed by atoms with Gasteiger partial charge in [-0.15, -0.1) is 0 Å². The van der Waals surface area contributed by atoms with Crippen LogP contribution in [-0.2, 0) is 16.9 Å². The van der Waals surface area contributed by atoms with Crippen LogP contribution in [0.3, 0.4) is 0 Å². The van der Waals surface area contributed by atoms with E-state index in [1.807, 2.05) is 0 Å². The third-order valence-corrected chi connectivity index (χ3v) is 5.17. The summed E-state index contributed by atoms with van der Waals surface area (Å²) in [6.45, 7) is 0. The van der Waals surface area contributed by atoms with Gasteiger partial charge in [0.2, 0.25) is 5.50 Å². The fourth-order valence-corrected chi connectivity index (χ4v) is 3.34. The normalized spacial score (nSPS) is 15.9. The highest BCUT2D eigenvalue weighted by Crippen LogP contribution is 2.30. The molecule has 8 nitrogen and oxygen atoms in total. The number of aromatic nitrogens is 1. The number of pyridine rings is 1. The molecule has 0 radical (unpaired) electrons. The minimum atomic E-state index is -3.44. The molecule has 2 aromatic rings. The summed E-state index contributed by atoms with van der Waals surface area (Å²) in [5, 5.41) is 2.80. The van der Waals surface area contributed by atoms with Crippen molar-refractivity contribution in [2.24, 2.45) is 12.0 Å². The van der Waals surface area contributed by atoms with E-state index in [9.17, 15) is 13.2 Å². The molecule has 0 fully saturated rings. The number of hydrogen-bond acceptors (Lipinski definition) is 7. The highest BCUT2D eigenvalue weighted by molar-refractivity contribution is 7.91. The maximum absolute atomic E-state index is 12.8. The summed E-state index contributed by atoms with van der Waals surface area (Å²) < 4.78 is 35.4. The van der Waals surface area contributed by atoms with Crippen LogP contribution in [0.25, 0.3) is 11.1 Å². The highest BCUT2D eigenvalue weighted by Gasteiger charge is 2.25. The second-order valence-electron chi connectivity index (χ2n) is 5.93. The quantitative estimate of drug-likeness (QED) is 0.861. The Hall–Kier alpha value is -2.81. The van der Waals surface area contributed by atoms with E-state index in [-0.39, 0.29) is 5.56 Å². The largest absolute Gasteiger partial charge is 0.497 e. The molecule has 1 aliphatic rings. The third kappa shape index (κ3) is 3.17. The van der Waals surface area contributed by atoms with Crippen LogP contribution in [0.1, 0.15) is 5.56 Å². The Morgan fingerprint density at radius 2 is 1.73 bits per heavy atom. The average molecular weight is 377 g/mol. The molecule has 1 unspecified atom stereocenters. The van der Waals surface area contributed by atoms with Crippen LogP contribution in [0.5, 0.6) is 11.5 Å². The minimum Gasteiger partial charge on any atom is -0.497 e. The number of aliphatic imine (C=N–C) groups is 1. The van der Waals surface area contributed by atoms with Gasteiger partial charge in [-0.1, -0.05) is 0 Å². The molecule has 1 aromatic heterocycles. The van der Waals surface area contributed by atoms with Gasteiger partial charge in [-0.05, 0) is 23.8 Å². The molecule has 0 amide bonds. The molecule has 0 saturated heterocycles. The van der Waals surface area contributed by atoms with Gasteiger partial charge in [-0.25, -0.2) is 8.42 Å². The fraction of sp³-hybridized carbons (Fsp3) is 0.294. The Bertz CT molecular complexity index is 1030. The van der Waals surface area contributed by atoms with Crippen LogP contribution in [0.4, 0.5) is 5.82 Å². The molecule has 0 bridgehead atoms. The van der Waals surface area contributed by atoms with Gasteiger partial charge in [0.05, 0.1) is 14.2 Å². The topological polar surface area (TPSA) is 99.0 Å². The molecule has 1 atom stereocenters. The average Bonchev–Trinajstić information content (AvgIpc) is 2.63. The number of ether oxygens (including phenoxy) is 2. The molecule has 0 saturated carbocycles. The molecule has 3 rings (SSSR count). The van der Waals surface area contributed by atoms with Gasteiger partial charge in [-0.3, -0.25) is 14.4 Å². The lowest BCUT2D eigenvalue weighted by Gasteiger charge is -2.23. The number of nitrogens with one attached hydrogen (secondary N) is 1. The maximum Gasteiger partial charge on any atom is 0.259 e. The first kappa shape index (κ1) is 18.0. The Balaban J connectivity index is 2.17. The molecule has 0 aliphatic carbocycles. The number of methoxy groups -OCH3 is 2. The van der Waals surface area contributed by atoms with Crippen molar-refractivity contribution in [1.82, 2.24) is 4.57 Å². The summed E-state index contributed by atoms with van der Waals surface area (Å²) in [5.74, 6) is 1.52. The summed E-state index contributed by atoms with van der Waals surface area (Å²) in [6, 6.07) is 6.85. The zero-order valence-corrected chi connectivity index (χ0v) is 15.6. The number of fused-ring (bicyclic) bond motifs is 1. The van der Waals surface area contributed by atoms with Crippen molar-refractivity contribution in [2.45, 2.75) is 5.50 Å². The summed E-state index contributed by atoms with van der Waals surface area (Å²) in [4.78, 5) is 16.9. The van der Waals surface area contributed by atoms with Crippen molar-refractivity contribution in [2.75, 3.05) is 25.8 Å². The molecule has 138 valence electrons. The number of sulfone groups is 1. The van der Waals surface area contributed by atoms with Crippen LogP contribution in [-0.4, -0.2) is 45.2 Å². The minimum absolute atomic E-state index is 0.283. The van der Waals surface area contributed by atoms with E-state index in [1.165, 1.54) is 25.0 Å². The van der Waals surface area contributed by atoms with Crippen molar-refractivity contribution in [3.05, 3.63) is 40.2 Å². The Kier molecular flexibility index (Phi) is 4.49. The van der Waals surface area contributed by atoms with Crippen molar-refractivity contribution >= 4 is 21.9 Å². The van der Waals surface area contributed by atoms with Gasteiger partial charge in [0.25, 0.3) is 5.56 Å². The van der Waals surface area contributed by atoms with Gasteiger partial charge >= 0.3 is 0 Å². The second kappa shape index (κ2) is 6.49. The summed E-state index contributed by atoms with van der Waals surface area (Å²) in [5.41, 5.74) is 0.277. The van der Waals surface area contributed by atoms with Crippen LogP contribution < -0.4 is 20.3 Å². The Labute approximate surface area is 151 Å². The smallest absolute Gasteiger partial charge is 0.259 e. The number of anilines is 1. The van der Waals surface area contributed by atoms with Gasteiger partial charge in [0, 0.05) is 36.7 Å². The summed E-state index contributed by atoms with van der Waals surface area (Å²) >= 11 is 0. The molecular formula is C17H19N3O5S. The van der Waals surface area contributed by atoms with Gasteiger partial charge in [-0.2, -0.15) is 0 Å². The fourth-order valence-electron chi connectivity index (χ4n) is 2.73. The summed E-state index contributed by atoms with van der Waals surface area (Å²) in [7, 11) is 1.21. The van der Waals surface area contributed by atoms with E-state index < -0.39 is 15.3 Å². The first-order valence-electron chi connectivity index (χ1n) is 7.70. The van der Waals surface area contributed by atoms with E-state index in [0.717, 1.165) is 6.26 Å². The highest BCUT2D eigenvalue weighted by atomic mass is 32.2. The zero-order valence-electron chi connectivity index (χ0n) is 14.8. The third-order valence-electron chi connectivity index (χ3n) is 4.12. The number of nitrogens with zero attached hydrogens (tertiary/aromatic N) is 2. The molecule has 0 spiro atoms. The Morgan fingerprint density at radius 1 is 1.12 bits per heavy atom. The molecule has 1 aliphatic heterocycles. The van der Waals surface area contributed by atoms with E-state index in [2.05, 4.69) is 10.3 Å². The van der Waals surface area contributed by atoms with Crippen LogP contribution in [0, 0.1) is 0 Å². The molecular weight excluding hydrogens is 358 g/mol. The predicted octanol–water partition coefficient (Wildman–Crippen LogP) is 1.24. The van der Waals surface area contributed by atoms with Crippen LogP contribution in [0.2, 0.25) is 0 Å². The zero-order chi connectivity index (χ0) is 19.1. The number of hydrogen-bond donors (Lipinski definition) is 1. The first-order chi connectivity index (χ1) is 12.2. The first-order valence-corrected chi connectivity index (χ1v) is 9.66. The lowest BCUT2D eigenvalue weighted by Crippen LogP contribution is -2.34. The standard InChI is InChI=1S/C17H19N3O5S/c1-20-15-11(9-18-17(19-15)26(4,22)23)7-14(16(20)21)10-5-12(24-2)8-13(6-10)25-3/h5-9,17,19H,1-4H3. The maximum atomic E-state index is 12.8. The van der Waals surface area contributed by atoms with Crippen molar-refractivity contribution in [1.29, 1.82) is 0 Å². The van der Waals surface area contributed by atoms with E-state index in [0.29, 0.717) is 34.0 Å². The van der Waals surface area contributed by atoms with E-state index in [4.69, 9.17) is 9.47 Å². The second-order valence-corrected chi connectivity index (χ2v) is 8.04. The van der Waals surface area contributed by atoms with E-state index in [1.54, 1.807) is 31.3 Å². The van der Waals surface area contributed by atoms with Crippen molar-refractivity contribution in [3.8, 4) is 22.6 Å². The molecule has 9 heteroatoms. The summed E-state index contributed by atoms with van der Waals surface area (Å²) in [6.07, 6.45) is 2.54. The Morgan fingerprint density at radius 3 is 2.27 bits per heavy atom. The predicted molar refractivity (Wildman–Crippen MR) is 100 cm³/mol. The van der Waals surface area contributed by atoms with Crippen LogP contribution in [0.15, 0.2) is 34.1 Å². The van der Waals surface area contributed by atoms with Gasteiger partial charge in [0.15, 0.2) is 9.84 Å². The number of rotatable bonds is 4. The van der Waals surface area contributed by atoms with Crippen LogP contribution >= 0.6 is 0 Å². The van der Waals surface area contributed by atoms with Gasteiger partial charge in [0.1, 0.15) is 17.3 Å². The molecule has 1 N–H and O–H groups in total. The van der Waals surface area contributed by atoms with Gasteiger partial charge < -0.3 is 14.8 Å².